The predicted octanol–water partition coefficient (Wildman–Crippen LogP) is 2.91. The second-order valence-corrected chi connectivity index (χ2v) is 3.55. The number of nitrogens with zero attached hydrogens (tertiary/aromatic N) is 1. The fourth-order valence-corrected chi connectivity index (χ4v) is 2.10. The van der Waals surface area contributed by atoms with Crippen LogP contribution in [0.2, 0.25) is 0 Å². The molecule has 0 spiro atoms. The van der Waals surface area contributed by atoms with Gasteiger partial charge < -0.3 is 0 Å². The van der Waals surface area contributed by atoms with Gasteiger partial charge in [0, 0.05) is 17.8 Å². The zero-order valence-corrected chi connectivity index (χ0v) is 7.59. The molecule has 0 saturated carbocycles. The first-order valence-corrected chi connectivity index (χ1v) is 4.85. The Morgan fingerprint density at radius 3 is 3.33 bits per heavy atom. The van der Waals surface area contributed by atoms with Gasteiger partial charge in [-0.2, -0.15) is 0 Å². The molecule has 0 bridgehead atoms. The summed E-state index contributed by atoms with van der Waals surface area (Å²) in [6.45, 7) is 2.26. The lowest BCUT2D eigenvalue weighted by atomic mass is 9.85. The van der Waals surface area contributed by atoms with E-state index in [2.05, 4.69) is 24.0 Å². The zero-order valence-electron chi connectivity index (χ0n) is 7.59. The van der Waals surface area contributed by atoms with Gasteiger partial charge >= 0.3 is 0 Å². The summed E-state index contributed by atoms with van der Waals surface area (Å²) in [6.07, 6.45) is 7.08. The van der Waals surface area contributed by atoms with Gasteiger partial charge in [0.25, 0.3) is 0 Å². The van der Waals surface area contributed by atoms with Crippen molar-refractivity contribution in [2.24, 2.45) is 0 Å². The van der Waals surface area contributed by atoms with E-state index >= 15 is 0 Å². The monoisotopic (exact) mass is 161 g/mol. The smallest absolute Gasteiger partial charge is 0.0466 e. The van der Waals surface area contributed by atoms with E-state index in [4.69, 9.17) is 0 Å². The molecular formula is C11H15N. The van der Waals surface area contributed by atoms with Gasteiger partial charge in [0.1, 0.15) is 0 Å². The molecule has 1 atom stereocenters. The molecule has 1 heteroatoms. The normalized spacial score (nSPS) is 21.9. The average Bonchev–Trinajstić information content (AvgIpc) is 2.17. The lowest BCUT2D eigenvalue weighted by Crippen LogP contribution is -2.10. The van der Waals surface area contributed by atoms with Crippen LogP contribution in [0.5, 0.6) is 0 Å². The van der Waals surface area contributed by atoms with E-state index in [9.17, 15) is 0 Å². The summed E-state index contributed by atoms with van der Waals surface area (Å²) >= 11 is 0. The van der Waals surface area contributed by atoms with E-state index < -0.39 is 0 Å². The maximum absolute atomic E-state index is 4.47. The summed E-state index contributed by atoms with van der Waals surface area (Å²) in [4.78, 5) is 4.47. The van der Waals surface area contributed by atoms with E-state index in [1.165, 1.54) is 36.9 Å². The van der Waals surface area contributed by atoms with Crippen molar-refractivity contribution in [1.29, 1.82) is 0 Å². The van der Waals surface area contributed by atoms with Crippen LogP contribution in [0, 0.1) is 0 Å². The van der Waals surface area contributed by atoms with Gasteiger partial charge in [-0.25, -0.2) is 0 Å². The van der Waals surface area contributed by atoms with Crippen molar-refractivity contribution in [3.63, 3.8) is 0 Å². The van der Waals surface area contributed by atoms with E-state index in [1.807, 2.05) is 6.20 Å². The molecule has 12 heavy (non-hydrogen) atoms. The fourth-order valence-electron chi connectivity index (χ4n) is 2.10. The van der Waals surface area contributed by atoms with Crippen molar-refractivity contribution in [2.45, 2.75) is 38.5 Å². The summed E-state index contributed by atoms with van der Waals surface area (Å²) in [7, 11) is 0. The van der Waals surface area contributed by atoms with Crippen LogP contribution in [-0.4, -0.2) is 4.98 Å². The highest BCUT2D eigenvalue weighted by atomic mass is 14.7. The Bertz CT molecular complexity index is 267. The van der Waals surface area contributed by atoms with Crippen molar-refractivity contribution in [3.05, 3.63) is 29.6 Å². The predicted molar refractivity (Wildman–Crippen MR) is 50.2 cm³/mol. The Morgan fingerprint density at radius 1 is 1.58 bits per heavy atom. The van der Waals surface area contributed by atoms with Crippen LogP contribution >= 0.6 is 0 Å². The Balaban J connectivity index is 2.37. The van der Waals surface area contributed by atoms with Crippen molar-refractivity contribution in [2.75, 3.05) is 0 Å². The number of rotatable bonds is 1. The number of aromatic nitrogens is 1. The molecule has 1 nitrogen and oxygen atoms in total. The van der Waals surface area contributed by atoms with Crippen LogP contribution < -0.4 is 0 Å². The lowest BCUT2D eigenvalue weighted by Gasteiger charge is -2.22. The second-order valence-electron chi connectivity index (χ2n) is 3.55. The first-order chi connectivity index (χ1) is 5.92. The third-order valence-electron chi connectivity index (χ3n) is 2.80. The molecule has 2 rings (SSSR count). The van der Waals surface area contributed by atoms with Gasteiger partial charge in [-0.3, -0.25) is 4.98 Å². The maximum Gasteiger partial charge on any atom is 0.0466 e. The topological polar surface area (TPSA) is 12.9 Å². The first kappa shape index (κ1) is 7.78. The number of hydrogen-bond donors (Lipinski definition) is 0. The minimum atomic E-state index is 0.731. The Kier molecular flexibility index (Phi) is 2.11. The molecular weight excluding hydrogens is 146 g/mol. The quantitative estimate of drug-likeness (QED) is 0.617. The van der Waals surface area contributed by atoms with Crippen LogP contribution in [0.25, 0.3) is 0 Å². The number of hydrogen-bond acceptors (Lipinski definition) is 1. The molecule has 0 radical (unpaired) electrons. The Morgan fingerprint density at radius 2 is 2.50 bits per heavy atom. The molecule has 0 fully saturated rings. The van der Waals surface area contributed by atoms with Gasteiger partial charge in [0.05, 0.1) is 0 Å². The molecule has 0 amide bonds. The third kappa shape index (κ3) is 1.24. The highest BCUT2D eigenvalue weighted by Crippen LogP contribution is 2.31. The average molecular weight is 161 g/mol. The SMILES string of the molecule is CCC1CCCc2cccnc21. The summed E-state index contributed by atoms with van der Waals surface area (Å²) in [5.74, 6) is 0.731. The van der Waals surface area contributed by atoms with Crippen molar-refractivity contribution < 1.29 is 0 Å². The largest absolute Gasteiger partial charge is 0.261 e. The summed E-state index contributed by atoms with van der Waals surface area (Å²) in [5, 5.41) is 0. The van der Waals surface area contributed by atoms with Crippen LogP contribution in [0.1, 0.15) is 43.4 Å². The molecule has 0 aromatic carbocycles. The highest BCUT2D eigenvalue weighted by Gasteiger charge is 2.18. The molecule has 1 heterocycles. The summed E-state index contributed by atoms with van der Waals surface area (Å²) in [5.41, 5.74) is 2.85. The third-order valence-corrected chi connectivity index (χ3v) is 2.80. The number of aryl methyl sites for hydroxylation is 1. The first-order valence-electron chi connectivity index (χ1n) is 4.85. The van der Waals surface area contributed by atoms with E-state index in [0.717, 1.165) is 5.92 Å². The van der Waals surface area contributed by atoms with E-state index in [-0.39, 0.29) is 0 Å². The molecule has 1 aliphatic carbocycles. The summed E-state index contributed by atoms with van der Waals surface area (Å²) < 4.78 is 0. The molecule has 64 valence electrons. The van der Waals surface area contributed by atoms with Crippen molar-refractivity contribution >= 4 is 0 Å². The fraction of sp³-hybridized carbons (Fsp3) is 0.545. The summed E-state index contributed by atoms with van der Waals surface area (Å²) in [6, 6.07) is 4.28. The van der Waals surface area contributed by atoms with Crippen LogP contribution in [0.4, 0.5) is 0 Å². The van der Waals surface area contributed by atoms with E-state index in [0.29, 0.717) is 0 Å². The molecule has 0 aliphatic heterocycles. The highest BCUT2D eigenvalue weighted by molar-refractivity contribution is 5.25. The Labute approximate surface area is 73.8 Å². The molecule has 1 aliphatic rings. The standard InChI is InChI=1S/C11H15N/c1-2-9-5-3-6-10-7-4-8-12-11(9)10/h4,7-9H,2-3,5-6H2,1H3. The molecule has 0 N–H and O–H groups in total. The lowest BCUT2D eigenvalue weighted by molar-refractivity contribution is 0.525. The van der Waals surface area contributed by atoms with Crippen LogP contribution in [-0.2, 0) is 6.42 Å². The van der Waals surface area contributed by atoms with Gasteiger partial charge in [0.15, 0.2) is 0 Å². The van der Waals surface area contributed by atoms with Gasteiger partial charge in [0.2, 0.25) is 0 Å². The molecule has 0 saturated heterocycles. The van der Waals surface area contributed by atoms with Gasteiger partial charge in [-0.15, -0.1) is 0 Å². The molecule has 1 aromatic rings. The maximum atomic E-state index is 4.47. The Hall–Kier alpha value is -0.850. The minimum absolute atomic E-state index is 0.731. The molecule has 1 aromatic heterocycles. The molecule has 1 unspecified atom stereocenters. The van der Waals surface area contributed by atoms with Crippen LogP contribution in [0.3, 0.4) is 0 Å². The van der Waals surface area contributed by atoms with Crippen molar-refractivity contribution in [3.8, 4) is 0 Å². The van der Waals surface area contributed by atoms with Gasteiger partial charge in [-0.1, -0.05) is 13.0 Å². The zero-order chi connectivity index (χ0) is 8.39. The minimum Gasteiger partial charge on any atom is -0.261 e. The van der Waals surface area contributed by atoms with Crippen LogP contribution in [0.15, 0.2) is 18.3 Å². The number of pyridine rings is 1. The number of fused-ring (bicyclic) bond motifs is 1. The van der Waals surface area contributed by atoms with E-state index in [1.54, 1.807) is 0 Å². The van der Waals surface area contributed by atoms with Crippen molar-refractivity contribution in [1.82, 2.24) is 4.98 Å². The second kappa shape index (κ2) is 3.26. The van der Waals surface area contributed by atoms with Gasteiger partial charge in [-0.05, 0) is 37.3 Å².